The van der Waals surface area contributed by atoms with Gasteiger partial charge in [-0.05, 0) is 11.5 Å². The van der Waals surface area contributed by atoms with E-state index in [1.165, 1.54) is 0 Å². The molecule has 0 fully saturated rings. The molecule has 0 bridgehead atoms. The Morgan fingerprint density at radius 3 is 1.21 bits per heavy atom. The Kier molecular flexibility index (Phi) is 4.53. The summed E-state index contributed by atoms with van der Waals surface area (Å²) in [5, 5.41) is 0. The van der Waals surface area contributed by atoms with Crippen molar-refractivity contribution in [2.24, 2.45) is 0 Å². The van der Waals surface area contributed by atoms with E-state index in [-0.39, 0.29) is 0 Å². The first-order valence-corrected chi connectivity index (χ1v) is 6.30. The molecule has 0 saturated heterocycles. The lowest BCUT2D eigenvalue weighted by Crippen LogP contribution is -1.96. The van der Waals surface area contributed by atoms with Crippen LogP contribution in [0.4, 0.5) is 0 Å². The van der Waals surface area contributed by atoms with Gasteiger partial charge in [-0.3, -0.25) is 0 Å². The largest absolute Gasteiger partial charge is 0.142 e. The average molecular weight is 281 g/mol. The van der Waals surface area contributed by atoms with Crippen molar-refractivity contribution >= 4 is 63.1 Å². The summed E-state index contributed by atoms with van der Waals surface area (Å²) in [4.78, 5) is 3.95. The molecular weight excluding hydrogens is 268 g/mol. The van der Waals surface area contributed by atoms with Crippen molar-refractivity contribution in [2.75, 3.05) is 0 Å². The summed E-state index contributed by atoms with van der Waals surface area (Å²) >= 11 is 21.9. The molecule has 5 heteroatoms. The lowest BCUT2D eigenvalue weighted by atomic mass is 10.0. The highest BCUT2D eigenvalue weighted by Gasteiger charge is 2.17. The SMILES string of the molecule is CC(C)c1c(S)c(S)c(S)c(S)c1S. The van der Waals surface area contributed by atoms with Crippen molar-refractivity contribution < 1.29 is 0 Å². The normalized spacial score (nSPS) is 11.1. The molecule has 0 saturated carbocycles. The van der Waals surface area contributed by atoms with Crippen LogP contribution in [0.3, 0.4) is 0 Å². The molecule has 0 aliphatic rings. The van der Waals surface area contributed by atoms with Crippen LogP contribution in [0.1, 0.15) is 25.3 Å². The van der Waals surface area contributed by atoms with Crippen molar-refractivity contribution in [3.05, 3.63) is 5.56 Å². The summed E-state index contributed by atoms with van der Waals surface area (Å²) in [6.07, 6.45) is 0. The first kappa shape index (κ1) is 13.0. The Morgan fingerprint density at radius 1 is 0.643 bits per heavy atom. The minimum atomic E-state index is 0.348. The van der Waals surface area contributed by atoms with Crippen molar-refractivity contribution in [3.8, 4) is 0 Å². The zero-order valence-corrected chi connectivity index (χ0v) is 12.3. The molecule has 78 valence electrons. The van der Waals surface area contributed by atoms with Crippen LogP contribution < -0.4 is 0 Å². The number of hydrogen-bond donors (Lipinski definition) is 5. The lowest BCUT2D eigenvalue weighted by molar-refractivity contribution is 0.770. The lowest BCUT2D eigenvalue weighted by Gasteiger charge is -2.17. The molecule has 0 aliphatic carbocycles. The molecule has 0 heterocycles. The smallest absolute Gasteiger partial charge is 0.0331 e. The quantitative estimate of drug-likeness (QED) is 0.467. The van der Waals surface area contributed by atoms with Crippen molar-refractivity contribution in [2.45, 2.75) is 44.2 Å². The fraction of sp³-hybridized carbons (Fsp3) is 0.333. The van der Waals surface area contributed by atoms with Crippen molar-refractivity contribution in [1.29, 1.82) is 0 Å². The van der Waals surface area contributed by atoms with Gasteiger partial charge < -0.3 is 0 Å². The second-order valence-corrected chi connectivity index (χ2v) is 5.55. The minimum absolute atomic E-state index is 0.348. The zero-order valence-electron chi connectivity index (χ0n) is 7.81. The zero-order chi connectivity index (χ0) is 11.0. The van der Waals surface area contributed by atoms with E-state index in [4.69, 9.17) is 0 Å². The molecule has 0 spiro atoms. The minimum Gasteiger partial charge on any atom is -0.142 e. The topological polar surface area (TPSA) is 0 Å². The maximum absolute atomic E-state index is 4.43. The third-order valence-electron chi connectivity index (χ3n) is 1.98. The van der Waals surface area contributed by atoms with Gasteiger partial charge in [-0.1, -0.05) is 13.8 Å². The monoisotopic (exact) mass is 280 g/mol. The van der Waals surface area contributed by atoms with E-state index in [9.17, 15) is 0 Å². The van der Waals surface area contributed by atoms with E-state index >= 15 is 0 Å². The number of hydrogen-bond acceptors (Lipinski definition) is 5. The Labute approximate surface area is 112 Å². The molecule has 0 aliphatic heterocycles. The van der Waals surface area contributed by atoms with E-state index in [1.807, 2.05) is 0 Å². The fourth-order valence-corrected chi connectivity index (χ4v) is 3.26. The predicted octanol–water partition coefficient (Wildman–Crippen LogP) is 4.25. The number of benzene rings is 1. The van der Waals surface area contributed by atoms with Gasteiger partial charge in [0.1, 0.15) is 0 Å². The van der Waals surface area contributed by atoms with Gasteiger partial charge in [0, 0.05) is 24.5 Å². The van der Waals surface area contributed by atoms with Crippen LogP contribution in [0, 0.1) is 0 Å². The Bertz CT molecular complexity index is 341. The second-order valence-electron chi connectivity index (χ2n) is 3.31. The molecule has 1 aromatic carbocycles. The first-order valence-electron chi connectivity index (χ1n) is 4.06. The highest BCUT2D eigenvalue weighted by atomic mass is 32.1. The third-order valence-corrected chi connectivity index (χ3v) is 4.96. The van der Waals surface area contributed by atoms with Crippen LogP contribution >= 0.6 is 63.1 Å². The van der Waals surface area contributed by atoms with Gasteiger partial charge in [-0.25, -0.2) is 0 Å². The van der Waals surface area contributed by atoms with Crippen LogP contribution in [0.25, 0.3) is 0 Å². The molecule has 0 unspecified atom stereocenters. The van der Waals surface area contributed by atoms with Gasteiger partial charge in [-0.15, -0.1) is 63.1 Å². The van der Waals surface area contributed by atoms with Crippen LogP contribution in [-0.2, 0) is 0 Å². The molecule has 0 amide bonds. The molecule has 14 heavy (non-hydrogen) atoms. The maximum Gasteiger partial charge on any atom is 0.0331 e. The first-order chi connectivity index (χ1) is 6.37. The van der Waals surface area contributed by atoms with Gasteiger partial charge >= 0.3 is 0 Å². The Hall–Kier alpha value is 0.970. The van der Waals surface area contributed by atoms with Gasteiger partial charge in [0.15, 0.2) is 0 Å². The molecule has 0 aromatic heterocycles. The molecule has 0 nitrogen and oxygen atoms in total. The summed E-state index contributed by atoms with van der Waals surface area (Å²) in [5.41, 5.74) is 1.07. The number of thiol groups is 5. The highest BCUT2D eigenvalue weighted by molar-refractivity contribution is 7.87. The van der Waals surface area contributed by atoms with E-state index in [2.05, 4.69) is 77.0 Å². The van der Waals surface area contributed by atoms with Gasteiger partial charge in [0.25, 0.3) is 0 Å². The van der Waals surface area contributed by atoms with Gasteiger partial charge in [-0.2, -0.15) is 0 Å². The van der Waals surface area contributed by atoms with Crippen LogP contribution in [0.2, 0.25) is 0 Å². The van der Waals surface area contributed by atoms with Crippen LogP contribution in [-0.4, -0.2) is 0 Å². The summed E-state index contributed by atoms with van der Waals surface area (Å²) in [6, 6.07) is 0. The van der Waals surface area contributed by atoms with Gasteiger partial charge in [0.2, 0.25) is 0 Å². The van der Waals surface area contributed by atoms with E-state index in [1.54, 1.807) is 0 Å². The average Bonchev–Trinajstić information content (AvgIpc) is 2.11. The van der Waals surface area contributed by atoms with Crippen LogP contribution in [0.5, 0.6) is 0 Å². The van der Waals surface area contributed by atoms with Crippen molar-refractivity contribution in [1.82, 2.24) is 0 Å². The van der Waals surface area contributed by atoms with E-state index in [0.717, 1.165) is 30.0 Å². The van der Waals surface area contributed by atoms with Gasteiger partial charge in [0.05, 0.1) is 0 Å². The highest BCUT2D eigenvalue weighted by Crippen LogP contribution is 2.42. The number of rotatable bonds is 1. The van der Waals surface area contributed by atoms with E-state index < -0.39 is 0 Å². The molecule has 0 atom stereocenters. The van der Waals surface area contributed by atoms with E-state index in [0.29, 0.717) is 5.92 Å². The molecular formula is C9H12S5. The second kappa shape index (κ2) is 4.87. The molecule has 1 aromatic rings. The molecule has 1 rings (SSSR count). The standard InChI is InChI=1S/C9H12S5/c1-3(2)4-5(10)7(12)9(14)8(13)6(4)11/h3,10-14H,1-2H3. The van der Waals surface area contributed by atoms with Crippen LogP contribution in [0.15, 0.2) is 24.5 Å². The fourth-order valence-electron chi connectivity index (χ4n) is 1.25. The summed E-state index contributed by atoms with van der Waals surface area (Å²) in [6.45, 7) is 4.18. The summed E-state index contributed by atoms with van der Waals surface area (Å²) in [5.74, 6) is 0.348. The summed E-state index contributed by atoms with van der Waals surface area (Å²) < 4.78 is 0. The molecule has 0 radical (unpaired) electrons. The summed E-state index contributed by atoms with van der Waals surface area (Å²) in [7, 11) is 0. The molecule has 0 N–H and O–H groups in total. The Balaban J connectivity index is 3.60. The van der Waals surface area contributed by atoms with Crippen molar-refractivity contribution in [3.63, 3.8) is 0 Å². The maximum atomic E-state index is 4.43. The Morgan fingerprint density at radius 2 is 0.929 bits per heavy atom. The predicted molar refractivity (Wildman–Crippen MR) is 76.8 cm³/mol. The third kappa shape index (κ3) is 2.21.